The van der Waals surface area contributed by atoms with Crippen molar-refractivity contribution in [3.05, 3.63) is 34.3 Å². The third-order valence-electron chi connectivity index (χ3n) is 5.11. The first kappa shape index (κ1) is 15.0. The highest BCUT2D eigenvalue weighted by Gasteiger charge is 2.53. The van der Waals surface area contributed by atoms with Gasteiger partial charge in [0, 0.05) is 23.6 Å². The lowest BCUT2D eigenvalue weighted by atomic mass is 9.88. The van der Waals surface area contributed by atoms with Crippen LogP contribution in [0.25, 0.3) is 0 Å². The van der Waals surface area contributed by atoms with E-state index in [-0.39, 0.29) is 11.5 Å². The van der Waals surface area contributed by atoms with Gasteiger partial charge in [-0.1, -0.05) is 28.1 Å². The van der Waals surface area contributed by atoms with Crippen molar-refractivity contribution >= 4 is 21.8 Å². The molecule has 1 unspecified atom stereocenters. The molecule has 1 aliphatic carbocycles. The number of carbonyl (C=O) groups excluding carboxylic acids is 1. The van der Waals surface area contributed by atoms with Gasteiger partial charge in [-0.05, 0) is 56.2 Å². The Morgan fingerprint density at radius 3 is 2.57 bits per heavy atom. The van der Waals surface area contributed by atoms with Crippen LogP contribution in [0.3, 0.4) is 0 Å². The molecule has 1 amide bonds. The van der Waals surface area contributed by atoms with Crippen molar-refractivity contribution in [2.45, 2.75) is 44.1 Å². The molecular weight excluding hydrogens is 328 g/mol. The lowest BCUT2D eigenvalue weighted by molar-refractivity contribution is -0.135. The molecule has 4 heteroatoms. The molecule has 114 valence electrons. The summed E-state index contributed by atoms with van der Waals surface area (Å²) in [4.78, 5) is 15.0. The average Bonchev–Trinajstić information content (AvgIpc) is 3.28. The number of likely N-dealkylation sites (tertiary alicyclic amines) is 1. The monoisotopic (exact) mass is 350 g/mol. The van der Waals surface area contributed by atoms with Crippen LogP contribution in [0.15, 0.2) is 28.7 Å². The first-order chi connectivity index (χ1) is 10.0. The Hall–Kier alpha value is -0.870. The maximum Gasteiger partial charge on any atom is 0.233 e. The molecule has 1 heterocycles. The Kier molecular flexibility index (Phi) is 4.10. The zero-order chi connectivity index (χ0) is 15.0. The second-order valence-electron chi connectivity index (χ2n) is 6.58. The average molecular weight is 351 g/mol. The number of halogens is 1. The van der Waals surface area contributed by atoms with Crippen LogP contribution in [0.2, 0.25) is 0 Å². The summed E-state index contributed by atoms with van der Waals surface area (Å²) >= 11 is 3.51. The van der Waals surface area contributed by atoms with Gasteiger partial charge in [0.2, 0.25) is 5.91 Å². The third kappa shape index (κ3) is 2.88. The van der Waals surface area contributed by atoms with Crippen LogP contribution in [0.1, 0.15) is 38.2 Å². The number of nitrogens with zero attached hydrogens (tertiary/aromatic N) is 1. The Morgan fingerprint density at radius 2 is 2.05 bits per heavy atom. The Bertz CT molecular complexity index is 531. The molecule has 0 radical (unpaired) electrons. The number of piperidine rings is 1. The van der Waals surface area contributed by atoms with Gasteiger partial charge < -0.3 is 10.6 Å². The first-order valence-electron chi connectivity index (χ1n) is 7.84. The number of amides is 1. The molecule has 21 heavy (non-hydrogen) atoms. The molecule has 2 fully saturated rings. The maximum absolute atomic E-state index is 12.9. The van der Waals surface area contributed by atoms with Gasteiger partial charge in [0.15, 0.2) is 0 Å². The Balaban J connectivity index is 1.71. The van der Waals surface area contributed by atoms with Gasteiger partial charge in [-0.2, -0.15) is 0 Å². The molecule has 2 aliphatic rings. The van der Waals surface area contributed by atoms with Crippen LogP contribution >= 0.6 is 15.9 Å². The van der Waals surface area contributed by atoms with Crippen LogP contribution in [-0.4, -0.2) is 29.9 Å². The Labute approximate surface area is 135 Å². The van der Waals surface area contributed by atoms with Gasteiger partial charge in [-0.25, -0.2) is 0 Å². The number of carbonyl (C=O) groups is 1. The lowest BCUT2D eigenvalue weighted by Crippen LogP contribution is -2.46. The summed E-state index contributed by atoms with van der Waals surface area (Å²) in [5, 5.41) is 0. The number of benzene rings is 1. The highest BCUT2D eigenvalue weighted by atomic mass is 79.9. The highest BCUT2D eigenvalue weighted by molar-refractivity contribution is 9.10. The quantitative estimate of drug-likeness (QED) is 0.910. The molecule has 1 aromatic rings. The molecule has 0 bridgehead atoms. The zero-order valence-electron chi connectivity index (χ0n) is 12.5. The summed E-state index contributed by atoms with van der Waals surface area (Å²) in [5.41, 5.74) is 6.90. The van der Waals surface area contributed by atoms with Crippen LogP contribution in [0.4, 0.5) is 0 Å². The predicted octanol–water partition coefficient (Wildman–Crippen LogP) is 3.07. The van der Waals surface area contributed by atoms with Gasteiger partial charge >= 0.3 is 0 Å². The van der Waals surface area contributed by atoms with Gasteiger partial charge in [-0.3, -0.25) is 4.79 Å². The zero-order valence-corrected chi connectivity index (χ0v) is 14.1. The van der Waals surface area contributed by atoms with E-state index >= 15 is 0 Å². The normalized spacial score (nSPS) is 22.9. The minimum absolute atomic E-state index is 0.238. The molecule has 0 spiro atoms. The highest BCUT2D eigenvalue weighted by Crippen LogP contribution is 2.50. The summed E-state index contributed by atoms with van der Waals surface area (Å²) in [5.74, 6) is 0.888. The van der Waals surface area contributed by atoms with Crippen molar-refractivity contribution in [2.24, 2.45) is 11.7 Å². The minimum atomic E-state index is -0.245. The van der Waals surface area contributed by atoms with E-state index in [1.54, 1.807) is 0 Å². The fraction of sp³-hybridized carbons (Fsp3) is 0.588. The maximum atomic E-state index is 12.9. The molecule has 1 aromatic carbocycles. The molecule has 0 aromatic heterocycles. The lowest BCUT2D eigenvalue weighted by Gasteiger charge is -2.36. The van der Waals surface area contributed by atoms with E-state index < -0.39 is 0 Å². The van der Waals surface area contributed by atoms with Gasteiger partial charge in [0.1, 0.15) is 0 Å². The molecule has 2 N–H and O–H groups in total. The van der Waals surface area contributed by atoms with Crippen LogP contribution in [0.5, 0.6) is 0 Å². The topological polar surface area (TPSA) is 46.3 Å². The molecule has 1 atom stereocenters. The van der Waals surface area contributed by atoms with Gasteiger partial charge in [0.05, 0.1) is 5.41 Å². The number of rotatable bonds is 3. The van der Waals surface area contributed by atoms with E-state index in [9.17, 15) is 4.79 Å². The van der Waals surface area contributed by atoms with Gasteiger partial charge in [-0.15, -0.1) is 0 Å². The fourth-order valence-corrected chi connectivity index (χ4v) is 3.87. The van der Waals surface area contributed by atoms with E-state index in [0.717, 1.165) is 48.8 Å². The standard InChI is InChI=1S/C17H23BrN2O/c1-12(19)13-5-9-20(10-6-13)16(21)17(7-8-17)14-3-2-4-15(18)11-14/h2-4,11-13H,5-10,19H2,1H3. The van der Waals surface area contributed by atoms with Crippen molar-refractivity contribution in [1.82, 2.24) is 4.90 Å². The molecule has 3 rings (SSSR count). The number of hydrogen-bond acceptors (Lipinski definition) is 2. The van der Waals surface area contributed by atoms with Crippen molar-refractivity contribution in [3.8, 4) is 0 Å². The van der Waals surface area contributed by atoms with E-state index in [0.29, 0.717) is 11.8 Å². The summed E-state index contributed by atoms with van der Waals surface area (Å²) in [6.45, 7) is 3.80. The summed E-state index contributed by atoms with van der Waals surface area (Å²) in [6.07, 6.45) is 4.04. The molecular formula is C17H23BrN2O. The van der Waals surface area contributed by atoms with E-state index in [4.69, 9.17) is 5.73 Å². The van der Waals surface area contributed by atoms with Crippen molar-refractivity contribution < 1.29 is 4.79 Å². The fourth-order valence-electron chi connectivity index (χ4n) is 3.47. The predicted molar refractivity (Wildman–Crippen MR) is 88.0 cm³/mol. The number of hydrogen-bond donors (Lipinski definition) is 1. The number of nitrogens with two attached hydrogens (primary N) is 1. The van der Waals surface area contributed by atoms with E-state index in [1.165, 1.54) is 0 Å². The van der Waals surface area contributed by atoms with Crippen molar-refractivity contribution in [2.75, 3.05) is 13.1 Å². The summed E-state index contributed by atoms with van der Waals surface area (Å²) in [7, 11) is 0. The largest absolute Gasteiger partial charge is 0.342 e. The Morgan fingerprint density at radius 1 is 1.38 bits per heavy atom. The smallest absolute Gasteiger partial charge is 0.233 e. The van der Waals surface area contributed by atoms with Crippen molar-refractivity contribution in [1.29, 1.82) is 0 Å². The van der Waals surface area contributed by atoms with Crippen molar-refractivity contribution in [3.63, 3.8) is 0 Å². The van der Waals surface area contributed by atoms with Gasteiger partial charge in [0.25, 0.3) is 0 Å². The second kappa shape index (κ2) is 5.73. The van der Waals surface area contributed by atoms with Crippen LogP contribution in [0, 0.1) is 5.92 Å². The molecule has 1 aliphatic heterocycles. The van der Waals surface area contributed by atoms with E-state index in [1.807, 2.05) is 12.1 Å². The third-order valence-corrected chi connectivity index (χ3v) is 5.60. The molecule has 1 saturated heterocycles. The van der Waals surface area contributed by atoms with Crippen LogP contribution < -0.4 is 5.73 Å². The van der Waals surface area contributed by atoms with E-state index in [2.05, 4.69) is 39.9 Å². The second-order valence-corrected chi connectivity index (χ2v) is 7.50. The SMILES string of the molecule is CC(N)C1CCN(C(=O)C2(c3cccc(Br)c3)CC2)CC1. The summed E-state index contributed by atoms with van der Waals surface area (Å²) < 4.78 is 1.05. The minimum Gasteiger partial charge on any atom is -0.342 e. The molecule has 3 nitrogen and oxygen atoms in total. The van der Waals surface area contributed by atoms with Crippen LogP contribution in [-0.2, 0) is 10.2 Å². The molecule has 1 saturated carbocycles. The first-order valence-corrected chi connectivity index (χ1v) is 8.63. The summed E-state index contributed by atoms with van der Waals surface area (Å²) in [6, 6.07) is 8.46.